The van der Waals surface area contributed by atoms with Gasteiger partial charge in [0, 0.05) is 6.54 Å². The average molecular weight is 217 g/mol. The molecule has 0 aromatic heterocycles. The second kappa shape index (κ2) is 5.94. The Labute approximate surface area is 95.5 Å². The molecule has 2 N–H and O–H groups in total. The molecule has 0 fully saturated rings. The van der Waals surface area contributed by atoms with Crippen molar-refractivity contribution in [3.8, 4) is 12.3 Å². The molecule has 84 valence electrons. The van der Waals surface area contributed by atoms with Gasteiger partial charge >= 0.3 is 5.97 Å². The Balaban J connectivity index is 2.64. The molecule has 3 heteroatoms. The fourth-order valence-corrected chi connectivity index (χ4v) is 1.38. The number of hydrogen-bond donors (Lipinski definition) is 2. The number of benzene rings is 1. The van der Waals surface area contributed by atoms with Gasteiger partial charge in [-0.05, 0) is 24.1 Å². The summed E-state index contributed by atoms with van der Waals surface area (Å²) >= 11 is 0. The lowest BCUT2D eigenvalue weighted by Gasteiger charge is -2.10. The van der Waals surface area contributed by atoms with E-state index in [0.29, 0.717) is 12.1 Å². The van der Waals surface area contributed by atoms with Gasteiger partial charge in [0.25, 0.3) is 0 Å². The molecule has 0 aliphatic heterocycles. The van der Waals surface area contributed by atoms with E-state index in [1.807, 2.05) is 13.0 Å². The Morgan fingerprint density at radius 2 is 2.38 bits per heavy atom. The van der Waals surface area contributed by atoms with E-state index in [1.165, 1.54) is 0 Å². The Morgan fingerprint density at radius 3 is 2.94 bits per heavy atom. The van der Waals surface area contributed by atoms with Gasteiger partial charge in [-0.25, -0.2) is 4.79 Å². The van der Waals surface area contributed by atoms with Crippen LogP contribution in [-0.4, -0.2) is 17.1 Å². The fourth-order valence-electron chi connectivity index (χ4n) is 1.38. The summed E-state index contributed by atoms with van der Waals surface area (Å²) in [6.45, 7) is 2.59. The van der Waals surface area contributed by atoms with Gasteiger partial charge in [-0.2, -0.15) is 0 Å². The van der Waals surface area contributed by atoms with E-state index in [-0.39, 0.29) is 6.04 Å². The second-order valence-corrected chi connectivity index (χ2v) is 3.51. The summed E-state index contributed by atoms with van der Waals surface area (Å²) in [5, 5.41) is 12.0. The van der Waals surface area contributed by atoms with E-state index in [4.69, 9.17) is 11.5 Å². The topological polar surface area (TPSA) is 49.3 Å². The standard InChI is InChI=1S/C13H15NO2/c1-3-12(4-2)14-9-10-6-5-7-11(8-10)13(15)16/h1,5-8,12,14H,4,9H2,2H3,(H,15,16). The second-order valence-electron chi connectivity index (χ2n) is 3.51. The maximum absolute atomic E-state index is 10.8. The Morgan fingerprint density at radius 1 is 1.62 bits per heavy atom. The highest BCUT2D eigenvalue weighted by molar-refractivity contribution is 5.87. The minimum Gasteiger partial charge on any atom is -0.478 e. The van der Waals surface area contributed by atoms with Crippen LogP contribution in [-0.2, 0) is 6.54 Å². The SMILES string of the molecule is C#CC(CC)NCc1cccc(C(=O)O)c1. The smallest absolute Gasteiger partial charge is 0.335 e. The van der Waals surface area contributed by atoms with Gasteiger partial charge in [0.05, 0.1) is 11.6 Å². The molecule has 0 saturated heterocycles. The zero-order valence-electron chi connectivity index (χ0n) is 9.23. The van der Waals surface area contributed by atoms with Crippen LogP contribution in [0.3, 0.4) is 0 Å². The number of terminal acetylenes is 1. The molecule has 0 aliphatic rings. The first-order chi connectivity index (χ1) is 7.67. The molecule has 1 atom stereocenters. The van der Waals surface area contributed by atoms with E-state index >= 15 is 0 Å². The lowest BCUT2D eigenvalue weighted by atomic mass is 10.1. The van der Waals surface area contributed by atoms with Crippen molar-refractivity contribution in [1.82, 2.24) is 5.32 Å². The average Bonchev–Trinajstić information content (AvgIpc) is 2.31. The van der Waals surface area contributed by atoms with Crippen molar-refractivity contribution >= 4 is 5.97 Å². The van der Waals surface area contributed by atoms with Crippen LogP contribution in [0.2, 0.25) is 0 Å². The quantitative estimate of drug-likeness (QED) is 0.740. The van der Waals surface area contributed by atoms with Crippen molar-refractivity contribution in [3.63, 3.8) is 0 Å². The summed E-state index contributed by atoms with van der Waals surface area (Å²) in [4.78, 5) is 10.8. The molecule has 1 rings (SSSR count). The third-order valence-electron chi connectivity index (χ3n) is 2.34. The van der Waals surface area contributed by atoms with Crippen molar-refractivity contribution < 1.29 is 9.90 Å². The highest BCUT2D eigenvalue weighted by Crippen LogP contribution is 2.05. The van der Waals surface area contributed by atoms with Gasteiger partial charge in [-0.3, -0.25) is 5.32 Å². The molecule has 1 unspecified atom stereocenters. The highest BCUT2D eigenvalue weighted by Gasteiger charge is 2.04. The first-order valence-corrected chi connectivity index (χ1v) is 5.19. The summed E-state index contributed by atoms with van der Waals surface area (Å²) in [5.74, 6) is 1.72. The Bertz CT molecular complexity index is 407. The first-order valence-electron chi connectivity index (χ1n) is 5.19. The number of nitrogens with one attached hydrogen (secondary N) is 1. The molecule has 16 heavy (non-hydrogen) atoms. The van der Waals surface area contributed by atoms with E-state index in [9.17, 15) is 4.79 Å². The number of rotatable bonds is 5. The Hall–Kier alpha value is -1.79. The molecule has 1 aromatic carbocycles. The zero-order chi connectivity index (χ0) is 12.0. The zero-order valence-corrected chi connectivity index (χ0v) is 9.23. The van der Waals surface area contributed by atoms with Gasteiger partial charge in [-0.15, -0.1) is 6.42 Å². The van der Waals surface area contributed by atoms with E-state index in [2.05, 4.69) is 11.2 Å². The first kappa shape index (κ1) is 12.3. The molecule has 0 spiro atoms. The molecule has 1 aromatic rings. The number of carbonyl (C=O) groups is 1. The Kier molecular flexibility index (Phi) is 4.56. The number of carboxylic acid groups (broad SMARTS) is 1. The minimum atomic E-state index is -0.911. The third kappa shape index (κ3) is 3.41. The predicted molar refractivity (Wildman–Crippen MR) is 63.2 cm³/mol. The molecule has 0 saturated carbocycles. The van der Waals surface area contributed by atoms with Crippen LogP contribution in [0.15, 0.2) is 24.3 Å². The van der Waals surface area contributed by atoms with Crippen LogP contribution in [0.5, 0.6) is 0 Å². The lowest BCUT2D eigenvalue weighted by Crippen LogP contribution is -2.26. The molecule has 0 heterocycles. The number of aromatic carboxylic acids is 1. The molecular formula is C13H15NO2. The largest absolute Gasteiger partial charge is 0.478 e. The van der Waals surface area contributed by atoms with Crippen LogP contribution < -0.4 is 5.32 Å². The maximum atomic E-state index is 10.8. The van der Waals surface area contributed by atoms with Crippen LogP contribution in [0.4, 0.5) is 0 Å². The number of hydrogen-bond acceptors (Lipinski definition) is 2. The normalized spacial score (nSPS) is 11.8. The van der Waals surface area contributed by atoms with Gasteiger partial charge < -0.3 is 5.11 Å². The third-order valence-corrected chi connectivity index (χ3v) is 2.34. The van der Waals surface area contributed by atoms with Crippen molar-refractivity contribution in [2.24, 2.45) is 0 Å². The molecule has 0 aliphatic carbocycles. The summed E-state index contributed by atoms with van der Waals surface area (Å²) < 4.78 is 0. The predicted octanol–water partition coefficient (Wildman–Crippen LogP) is 1.89. The maximum Gasteiger partial charge on any atom is 0.335 e. The molecular weight excluding hydrogens is 202 g/mol. The van der Waals surface area contributed by atoms with Crippen LogP contribution >= 0.6 is 0 Å². The summed E-state index contributed by atoms with van der Waals surface area (Å²) in [6.07, 6.45) is 6.18. The van der Waals surface area contributed by atoms with Crippen molar-refractivity contribution in [3.05, 3.63) is 35.4 Å². The molecule has 0 radical (unpaired) electrons. The van der Waals surface area contributed by atoms with Gasteiger partial charge in [0.15, 0.2) is 0 Å². The minimum absolute atomic E-state index is 0.0356. The van der Waals surface area contributed by atoms with Gasteiger partial charge in [0.2, 0.25) is 0 Å². The van der Waals surface area contributed by atoms with E-state index < -0.39 is 5.97 Å². The van der Waals surface area contributed by atoms with Crippen molar-refractivity contribution in [1.29, 1.82) is 0 Å². The van der Waals surface area contributed by atoms with Crippen molar-refractivity contribution in [2.45, 2.75) is 25.9 Å². The van der Waals surface area contributed by atoms with Gasteiger partial charge in [-0.1, -0.05) is 25.0 Å². The monoisotopic (exact) mass is 217 g/mol. The van der Waals surface area contributed by atoms with Crippen molar-refractivity contribution in [2.75, 3.05) is 0 Å². The van der Waals surface area contributed by atoms with E-state index in [1.54, 1.807) is 18.2 Å². The molecule has 0 bridgehead atoms. The van der Waals surface area contributed by atoms with Crippen LogP contribution in [0, 0.1) is 12.3 Å². The summed E-state index contributed by atoms with van der Waals surface area (Å²) in [5.41, 5.74) is 1.22. The molecule has 0 amide bonds. The highest BCUT2D eigenvalue weighted by atomic mass is 16.4. The summed E-state index contributed by atoms with van der Waals surface area (Å²) in [7, 11) is 0. The summed E-state index contributed by atoms with van der Waals surface area (Å²) in [6, 6.07) is 6.87. The molecule has 3 nitrogen and oxygen atoms in total. The van der Waals surface area contributed by atoms with Gasteiger partial charge in [0.1, 0.15) is 0 Å². The number of carboxylic acids is 1. The van der Waals surface area contributed by atoms with E-state index in [0.717, 1.165) is 12.0 Å². The van der Waals surface area contributed by atoms with Crippen LogP contribution in [0.1, 0.15) is 29.3 Å². The fraction of sp³-hybridized carbons (Fsp3) is 0.308. The van der Waals surface area contributed by atoms with Crippen LogP contribution in [0.25, 0.3) is 0 Å². The lowest BCUT2D eigenvalue weighted by molar-refractivity contribution is 0.0697.